The van der Waals surface area contributed by atoms with Crippen LogP contribution in [0.1, 0.15) is 42.7 Å². The number of halogens is 2. The Balaban J connectivity index is 1.86. The molecule has 1 amide bonds. The molecule has 0 aliphatic rings. The Kier molecular flexibility index (Phi) is 11.4. The number of aromatic nitrogens is 1. The summed E-state index contributed by atoms with van der Waals surface area (Å²) in [5.74, 6) is -1.30. The second-order valence-corrected chi connectivity index (χ2v) is 12.3. The first kappa shape index (κ1) is 31.5. The van der Waals surface area contributed by atoms with Crippen LogP contribution in [-0.4, -0.2) is 69.7 Å². The van der Waals surface area contributed by atoms with E-state index >= 15 is 0 Å². The summed E-state index contributed by atoms with van der Waals surface area (Å²) in [5, 5.41) is 0.711. The number of ketones is 1. The van der Waals surface area contributed by atoms with Crippen LogP contribution in [0.2, 0.25) is 5.02 Å². The van der Waals surface area contributed by atoms with Gasteiger partial charge in [0, 0.05) is 23.5 Å². The molecule has 0 fully saturated rings. The van der Waals surface area contributed by atoms with Gasteiger partial charge in [0.2, 0.25) is 10.0 Å². The van der Waals surface area contributed by atoms with Gasteiger partial charge in [-0.3, -0.25) is 9.59 Å². The molecule has 0 bridgehead atoms. The Morgan fingerprint density at radius 1 is 1.12 bits per heavy atom. The number of carbonyl (C=O) groups is 2. The number of alkyl halides is 1. The number of nitrogens with one attached hydrogen (secondary N) is 1. The maximum atomic E-state index is 13.7. The standard InChI is InChI=1S/C27H31ClFN3O6S2/c1-18-26(21(33)17-40(35,36)30-12-11-29)31-24(39-18)16-32(13-7-10-19-8-5-4-6-9-19)27(34)20-14-22(37-2)25(28)23(15-20)38-3/h4-6,8-9,14-15,30H,7,10-13,16-17H2,1-3H3. The van der Waals surface area contributed by atoms with Gasteiger partial charge in [-0.25, -0.2) is 22.5 Å². The van der Waals surface area contributed by atoms with Gasteiger partial charge in [0.1, 0.15) is 39.7 Å². The van der Waals surface area contributed by atoms with E-state index in [9.17, 15) is 22.4 Å². The molecule has 3 aromatic rings. The average Bonchev–Trinajstić information content (AvgIpc) is 3.31. The highest BCUT2D eigenvalue weighted by molar-refractivity contribution is 7.90. The molecule has 0 unspecified atom stereocenters. The molecule has 1 aromatic heterocycles. The van der Waals surface area contributed by atoms with Gasteiger partial charge >= 0.3 is 0 Å². The number of amides is 1. The highest BCUT2D eigenvalue weighted by Gasteiger charge is 2.25. The summed E-state index contributed by atoms with van der Waals surface area (Å²) in [7, 11) is -1.12. The van der Waals surface area contributed by atoms with Gasteiger partial charge in [-0.2, -0.15) is 0 Å². The number of hydrogen-bond acceptors (Lipinski definition) is 8. The van der Waals surface area contributed by atoms with E-state index in [0.29, 0.717) is 28.4 Å². The first-order chi connectivity index (χ1) is 19.1. The predicted molar refractivity (Wildman–Crippen MR) is 153 cm³/mol. The number of rotatable bonds is 15. The van der Waals surface area contributed by atoms with Crippen molar-refractivity contribution in [3.8, 4) is 11.5 Å². The average molecular weight is 612 g/mol. The first-order valence-electron chi connectivity index (χ1n) is 12.4. The Morgan fingerprint density at radius 3 is 2.38 bits per heavy atom. The van der Waals surface area contributed by atoms with Gasteiger partial charge < -0.3 is 14.4 Å². The van der Waals surface area contributed by atoms with Crippen LogP contribution in [0.15, 0.2) is 42.5 Å². The summed E-state index contributed by atoms with van der Waals surface area (Å²) >= 11 is 7.49. The summed E-state index contributed by atoms with van der Waals surface area (Å²) in [5.41, 5.74) is 1.44. The van der Waals surface area contributed by atoms with Crippen molar-refractivity contribution in [2.75, 3.05) is 39.7 Å². The van der Waals surface area contributed by atoms with E-state index in [1.807, 2.05) is 35.1 Å². The van der Waals surface area contributed by atoms with Crippen molar-refractivity contribution >= 4 is 44.7 Å². The third kappa shape index (κ3) is 8.47. The van der Waals surface area contributed by atoms with Crippen LogP contribution in [0.3, 0.4) is 0 Å². The number of nitrogens with zero attached hydrogens (tertiary/aromatic N) is 2. The van der Waals surface area contributed by atoms with Crippen LogP contribution < -0.4 is 14.2 Å². The molecule has 0 atom stereocenters. The Morgan fingerprint density at radius 2 is 1.77 bits per heavy atom. The molecule has 0 aliphatic carbocycles. The minimum absolute atomic E-state index is 0.0112. The molecule has 2 aromatic carbocycles. The van der Waals surface area contributed by atoms with Crippen LogP contribution in [-0.2, 0) is 23.0 Å². The maximum Gasteiger partial charge on any atom is 0.254 e. The van der Waals surface area contributed by atoms with E-state index < -0.39 is 34.8 Å². The molecule has 0 radical (unpaired) electrons. The number of carbonyl (C=O) groups excluding carboxylic acids is 2. The fraction of sp³-hybridized carbons (Fsp3) is 0.370. The van der Waals surface area contributed by atoms with Crippen molar-refractivity contribution in [1.82, 2.24) is 14.6 Å². The Hall–Kier alpha value is -3.06. The predicted octanol–water partition coefficient (Wildman–Crippen LogP) is 4.47. The van der Waals surface area contributed by atoms with E-state index in [2.05, 4.69) is 4.98 Å². The number of Topliss-reactive ketones (excluding diaryl/α,β-unsaturated/α-hetero) is 1. The van der Waals surface area contributed by atoms with Crippen LogP contribution in [0.4, 0.5) is 4.39 Å². The molecular formula is C27H31ClFN3O6S2. The van der Waals surface area contributed by atoms with Crippen LogP contribution >= 0.6 is 22.9 Å². The number of sulfonamides is 1. The third-order valence-electron chi connectivity index (χ3n) is 5.88. The van der Waals surface area contributed by atoms with Gasteiger partial charge in [0.15, 0.2) is 5.78 Å². The minimum atomic E-state index is -4.00. The van der Waals surface area contributed by atoms with Crippen molar-refractivity contribution in [3.63, 3.8) is 0 Å². The fourth-order valence-electron chi connectivity index (χ4n) is 3.97. The number of methoxy groups -OCH3 is 2. The number of ether oxygens (including phenoxy) is 2. The highest BCUT2D eigenvalue weighted by atomic mass is 35.5. The second-order valence-electron chi connectivity index (χ2n) is 8.79. The smallest absolute Gasteiger partial charge is 0.254 e. The molecule has 0 spiro atoms. The lowest BCUT2D eigenvalue weighted by molar-refractivity contribution is 0.0740. The zero-order valence-electron chi connectivity index (χ0n) is 22.4. The minimum Gasteiger partial charge on any atom is -0.495 e. The van der Waals surface area contributed by atoms with Gasteiger partial charge in [-0.1, -0.05) is 41.9 Å². The van der Waals surface area contributed by atoms with Crippen molar-refractivity contribution in [1.29, 1.82) is 0 Å². The van der Waals surface area contributed by atoms with E-state index in [-0.39, 0.29) is 34.7 Å². The number of hydrogen-bond donors (Lipinski definition) is 1. The van der Waals surface area contributed by atoms with Crippen molar-refractivity contribution < 1.29 is 31.9 Å². The second kappa shape index (κ2) is 14.5. The summed E-state index contributed by atoms with van der Waals surface area (Å²) < 4.78 is 49.2. The van der Waals surface area contributed by atoms with Crippen LogP contribution in [0, 0.1) is 6.92 Å². The summed E-state index contributed by atoms with van der Waals surface area (Å²) in [4.78, 5) is 32.9. The third-order valence-corrected chi connectivity index (χ3v) is 8.50. The van der Waals surface area contributed by atoms with Crippen LogP contribution in [0.25, 0.3) is 0 Å². The normalized spacial score (nSPS) is 11.3. The zero-order valence-corrected chi connectivity index (χ0v) is 24.8. The molecule has 216 valence electrons. The van der Waals surface area contributed by atoms with Gasteiger partial charge in [-0.05, 0) is 37.5 Å². The van der Waals surface area contributed by atoms with E-state index in [0.717, 1.165) is 12.0 Å². The van der Waals surface area contributed by atoms with Crippen molar-refractivity contribution in [3.05, 3.63) is 74.2 Å². The largest absolute Gasteiger partial charge is 0.495 e. The maximum absolute atomic E-state index is 13.7. The Bertz CT molecular complexity index is 1410. The molecule has 3 rings (SSSR count). The monoisotopic (exact) mass is 611 g/mol. The summed E-state index contributed by atoms with van der Waals surface area (Å²) in [6.45, 7) is 0.841. The highest BCUT2D eigenvalue weighted by Crippen LogP contribution is 2.36. The topological polar surface area (TPSA) is 115 Å². The molecule has 0 saturated heterocycles. The lowest BCUT2D eigenvalue weighted by Crippen LogP contribution is -2.32. The van der Waals surface area contributed by atoms with E-state index in [1.54, 1.807) is 11.8 Å². The molecule has 9 nitrogen and oxygen atoms in total. The molecule has 0 aliphatic heterocycles. The fourth-order valence-corrected chi connectivity index (χ4v) is 6.18. The Labute approximate surface area is 242 Å². The molecule has 13 heteroatoms. The van der Waals surface area contributed by atoms with Crippen molar-refractivity contribution in [2.24, 2.45) is 0 Å². The quantitative estimate of drug-likeness (QED) is 0.252. The molecule has 40 heavy (non-hydrogen) atoms. The summed E-state index contributed by atoms with van der Waals surface area (Å²) in [6, 6.07) is 12.9. The summed E-state index contributed by atoms with van der Waals surface area (Å²) in [6.07, 6.45) is 1.40. The molecular weight excluding hydrogens is 581 g/mol. The SMILES string of the molecule is COc1cc(C(=O)N(CCCc2ccccc2)Cc2nc(C(=O)CS(=O)(=O)NCCF)c(C)s2)cc(OC)c1Cl. The van der Waals surface area contributed by atoms with Crippen LogP contribution in [0.5, 0.6) is 11.5 Å². The van der Waals surface area contributed by atoms with Gasteiger partial charge in [0.05, 0.1) is 20.8 Å². The first-order valence-corrected chi connectivity index (χ1v) is 15.2. The molecule has 1 N–H and O–H groups in total. The van der Waals surface area contributed by atoms with E-state index in [4.69, 9.17) is 21.1 Å². The molecule has 1 heterocycles. The van der Waals surface area contributed by atoms with Crippen molar-refractivity contribution in [2.45, 2.75) is 26.3 Å². The van der Waals surface area contributed by atoms with E-state index in [1.165, 1.54) is 37.7 Å². The lowest BCUT2D eigenvalue weighted by atomic mass is 10.1. The molecule has 0 saturated carbocycles. The number of aryl methyl sites for hydroxylation is 2. The van der Waals surface area contributed by atoms with Gasteiger partial charge in [0.25, 0.3) is 5.91 Å². The number of thiazole rings is 1. The number of benzene rings is 2. The van der Waals surface area contributed by atoms with Gasteiger partial charge in [-0.15, -0.1) is 11.3 Å². The lowest BCUT2D eigenvalue weighted by Gasteiger charge is -2.23. The zero-order chi connectivity index (χ0) is 29.3.